The van der Waals surface area contributed by atoms with Gasteiger partial charge in [0.25, 0.3) is 0 Å². The maximum Gasteiger partial charge on any atom is 0.246 e. The molecule has 0 bridgehead atoms. The highest BCUT2D eigenvalue weighted by Crippen LogP contribution is 1.90. The standard InChI is InChI=1S/C30H57N3O12/c1-3-4-11-41-21-22-45-26-30(37)33-10-20-40-14-7-17-44-25-29(36)32-9-19-39-13-6-16-43-24-28(35)31-8-18-38-12-5-15-42-23-27(2)34/h3-26H2,1-2H3,(H,31,35)(H,32,36)(H,33,37). The zero-order valence-corrected chi connectivity index (χ0v) is 27.4. The number of hydrogen-bond donors (Lipinski definition) is 3. The third-order valence-electron chi connectivity index (χ3n) is 5.46. The molecule has 0 heterocycles. The number of carbonyl (C=O) groups is 4. The summed E-state index contributed by atoms with van der Waals surface area (Å²) in [4.78, 5) is 45.9. The molecule has 3 amide bonds. The van der Waals surface area contributed by atoms with Crippen molar-refractivity contribution in [1.82, 2.24) is 16.0 Å². The van der Waals surface area contributed by atoms with E-state index in [1.54, 1.807) is 0 Å². The van der Waals surface area contributed by atoms with Gasteiger partial charge in [0.1, 0.15) is 26.4 Å². The van der Waals surface area contributed by atoms with Gasteiger partial charge in [-0.2, -0.15) is 0 Å². The first-order valence-corrected chi connectivity index (χ1v) is 15.9. The summed E-state index contributed by atoms with van der Waals surface area (Å²) < 4.78 is 42.6. The lowest BCUT2D eigenvalue weighted by atomic mass is 10.4. The Morgan fingerprint density at radius 2 is 0.711 bits per heavy atom. The van der Waals surface area contributed by atoms with Gasteiger partial charge in [-0.15, -0.1) is 0 Å². The van der Waals surface area contributed by atoms with Crippen molar-refractivity contribution in [1.29, 1.82) is 0 Å². The summed E-state index contributed by atoms with van der Waals surface area (Å²) in [6.07, 6.45) is 4.04. The number of ketones is 1. The Bertz CT molecular complexity index is 730. The minimum Gasteiger partial charge on any atom is -0.380 e. The molecule has 0 aromatic rings. The van der Waals surface area contributed by atoms with Gasteiger partial charge in [-0.1, -0.05) is 13.3 Å². The van der Waals surface area contributed by atoms with Crippen LogP contribution in [-0.2, 0) is 57.1 Å². The third kappa shape index (κ3) is 36.1. The van der Waals surface area contributed by atoms with E-state index >= 15 is 0 Å². The average molecular weight is 652 g/mol. The van der Waals surface area contributed by atoms with Crippen molar-refractivity contribution in [3.8, 4) is 0 Å². The predicted molar refractivity (Wildman–Crippen MR) is 165 cm³/mol. The molecule has 15 nitrogen and oxygen atoms in total. The Kier molecular flexibility index (Phi) is 32.9. The molecule has 0 rings (SSSR count). The smallest absolute Gasteiger partial charge is 0.246 e. The van der Waals surface area contributed by atoms with Crippen LogP contribution in [0.2, 0.25) is 0 Å². The Morgan fingerprint density at radius 3 is 1.11 bits per heavy atom. The average Bonchev–Trinajstić information content (AvgIpc) is 3.01. The van der Waals surface area contributed by atoms with Crippen molar-refractivity contribution < 1.29 is 57.1 Å². The monoisotopic (exact) mass is 651 g/mol. The molecule has 0 aliphatic heterocycles. The Morgan fingerprint density at radius 1 is 0.400 bits per heavy atom. The van der Waals surface area contributed by atoms with E-state index in [1.165, 1.54) is 6.92 Å². The summed E-state index contributed by atoms with van der Waals surface area (Å²) in [5.41, 5.74) is 0. The summed E-state index contributed by atoms with van der Waals surface area (Å²) in [6.45, 7) is 10.1. The SMILES string of the molecule is CCCCOCCOCC(=O)NCCOCCCOCC(=O)NCCOCCCOCC(=O)NCCOCCCOCC(C)=O. The molecule has 15 heteroatoms. The van der Waals surface area contributed by atoms with Crippen LogP contribution in [0.4, 0.5) is 0 Å². The number of hydrogen-bond acceptors (Lipinski definition) is 12. The van der Waals surface area contributed by atoms with Crippen molar-refractivity contribution in [3.63, 3.8) is 0 Å². The molecule has 0 saturated heterocycles. The predicted octanol–water partition coefficient (Wildman–Crippen LogP) is 0.0272. The second-order valence-electron chi connectivity index (χ2n) is 9.83. The first-order chi connectivity index (χ1) is 22.0. The van der Waals surface area contributed by atoms with Crippen LogP contribution < -0.4 is 16.0 Å². The summed E-state index contributed by atoms with van der Waals surface area (Å²) >= 11 is 0. The van der Waals surface area contributed by atoms with Gasteiger partial charge in [-0.05, 0) is 32.6 Å². The van der Waals surface area contributed by atoms with Gasteiger partial charge in [-0.25, -0.2) is 0 Å². The zero-order valence-electron chi connectivity index (χ0n) is 27.4. The van der Waals surface area contributed by atoms with Crippen LogP contribution >= 0.6 is 0 Å². The van der Waals surface area contributed by atoms with Crippen LogP contribution in [0.3, 0.4) is 0 Å². The molecule has 264 valence electrons. The molecule has 0 aliphatic rings. The van der Waals surface area contributed by atoms with Crippen LogP contribution in [0.1, 0.15) is 46.0 Å². The van der Waals surface area contributed by atoms with Crippen LogP contribution in [0.25, 0.3) is 0 Å². The van der Waals surface area contributed by atoms with Gasteiger partial charge in [-0.3, -0.25) is 19.2 Å². The van der Waals surface area contributed by atoms with E-state index in [2.05, 4.69) is 22.9 Å². The third-order valence-corrected chi connectivity index (χ3v) is 5.46. The van der Waals surface area contributed by atoms with Crippen LogP contribution in [0, 0.1) is 0 Å². The van der Waals surface area contributed by atoms with Crippen LogP contribution in [-0.4, -0.2) is 149 Å². The lowest BCUT2D eigenvalue weighted by Gasteiger charge is -2.09. The summed E-state index contributed by atoms with van der Waals surface area (Å²) in [6, 6.07) is 0. The molecule has 0 unspecified atom stereocenters. The van der Waals surface area contributed by atoms with Crippen molar-refractivity contribution in [3.05, 3.63) is 0 Å². The fraction of sp³-hybridized carbons (Fsp3) is 0.867. The maximum absolute atomic E-state index is 11.8. The summed E-state index contributed by atoms with van der Waals surface area (Å²) in [7, 11) is 0. The zero-order chi connectivity index (χ0) is 33.1. The van der Waals surface area contributed by atoms with E-state index in [0.29, 0.717) is 118 Å². The lowest BCUT2D eigenvalue weighted by Crippen LogP contribution is -2.31. The topological polar surface area (TPSA) is 178 Å². The molecule has 0 spiro atoms. The number of ether oxygens (including phenoxy) is 8. The molecule has 0 aliphatic carbocycles. The van der Waals surface area contributed by atoms with Gasteiger partial charge in [0.2, 0.25) is 17.7 Å². The van der Waals surface area contributed by atoms with Crippen molar-refractivity contribution >= 4 is 23.5 Å². The van der Waals surface area contributed by atoms with E-state index in [1.807, 2.05) is 0 Å². The number of Topliss-reactive ketones (excluding diaryl/α,β-unsaturated/α-hetero) is 1. The molecular formula is C30H57N3O12. The first-order valence-electron chi connectivity index (χ1n) is 15.9. The van der Waals surface area contributed by atoms with Gasteiger partial charge < -0.3 is 53.8 Å². The molecule has 0 atom stereocenters. The minimum absolute atomic E-state index is 0.00153. The van der Waals surface area contributed by atoms with E-state index in [0.717, 1.165) is 12.8 Å². The van der Waals surface area contributed by atoms with Crippen LogP contribution in [0.15, 0.2) is 0 Å². The minimum atomic E-state index is -0.226. The van der Waals surface area contributed by atoms with Gasteiger partial charge >= 0.3 is 0 Å². The molecule has 3 N–H and O–H groups in total. The Labute approximate surface area is 268 Å². The highest BCUT2D eigenvalue weighted by atomic mass is 16.5. The van der Waals surface area contributed by atoms with E-state index in [9.17, 15) is 19.2 Å². The molecule has 0 saturated carbocycles. The Balaban J connectivity index is 3.31. The molecule has 45 heavy (non-hydrogen) atoms. The number of carbonyl (C=O) groups excluding carboxylic acids is 4. The lowest BCUT2D eigenvalue weighted by molar-refractivity contribution is -0.127. The number of amides is 3. The fourth-order valence-corrected chi connectivity index (χ4v) is 3.21. The second kappa shape index (κ2) is 34.6. The van der Waals surface area contributed by atoms with Crippen molar-refractivity contribution in [2.75, 3.05) is 125 Å². The molecular weight excluding hydrogens is 594 g/mol. The largest absolute Gasteiger partial charge is 0.380 e. The molecule has 0 aromatic carbocycles. The first kappa shape index (κ1) is 42.8. The van der Waals surface area contributed by atoms with Crippen molar-refractivity contribution in [2.45, 2.75) is 46.0 Å². The van der Waals surface area contributed by atoms with Gasteiger partial charge in [0, 0.05) is 65.9 Å². The van der Waals surface area contributed by atoms with E-state index < -0.39 is 0 Å². The molecule has 0 fully saturated rings. The highest BCUT2D eigenvalue weighted by Gasteiger charge is 2.04. The fourth-order valence-electron chi connectivity index (χ4n) is 3.21. The van der Waals surface area contributed by atoms with Gasteiger partial charge in [0.15, 0.2) is 5.78 Å². The normalized spacial score (nSPS) is 11.0. The Hall–Kier alpha value is -2.24. The number of rotatable bonds is 35. The van der Waals surface area contributed by atoms with Crippen molar-refractivity contribution in [2.24, 2.45) is 0 Å². The summed E-state index contributed by atoms with van der Waals surface area (Å²) in [5.74, 6) is -0.647. The molecule has 0 aromatic heterocycles. The number of unbranched alkanes of at least 4 members (excludes halogenated alkanes) is 1. The quantitative estimate of drug-likeness (QED) is 0.0785. The summed E-state index contributed by atoms with van der Waals surface area (Å²) in [5, 5.41) is 8.13. The second-order valence-corrected chi connectivity index (χ2v) is 9.83. The van der Waals surface area contributed by atoms with E-state index in [4.69, 9.17) is 37.9 Å². The van der Waals surface area contributed by atoms with E-state index in [-0.39, 0.29) is 49.9 Å². The van der Waals surface area contributed by atoms with Crippen LogP contribution in [0.5, 0.6) is 0 Å². The number of nitrogens with one attached hydrogen (secondary N) is 3. The highest BCUT2D eigenvalue weighted by molar-refractivity contribution is 5.78. The molecule has 0 radical (unpaired) electrons. The maximum atomic E-state index is 11.8. The van der Waals surface area contributed by atoms with Gasteiger partial charge in [0.05, 0.1) is 33.0 Å².